The first-order valence-electron chi connectivity index (χ1n) is 11.8. The van der Waals surface area contributed by atoms with Crippen LogP contribution in [0.2, 0.25) is 0 Å². The molecule has 0 atom stereocenters. The molecule has 1 aliphatic heterocycles. The summed E-state index contributed by atoms with van der Waals surface area (Å²) in [7, 11) is 0. The first-order valence-corrected chi connectivity index (χ1v) is 11.8. The van der Waals surface area contributed by atoms with Crippen LogP contribution in [0.3, 0.4) is 0 Å². The van der Waals surface area contributed by atoms with Gasteiger partial charge in [-0.3, -0.25) is 14.6 Å². The van der Waals surface area contributed by atoms with Gasteiger partial charge in [0, 0.05) is 38.4 Å². The van der Waals surface area contributed by atoms with Crippen LogP contribution in [0.15, 0.2) is 48.8 Å². The number of aromatic nitrogens is 1. The van der Waals surface area contributed by atoms with Crippen LogP contribution in [-0.4, -0.2) is 41.3 Å². The quantitative estimate of drug-likeness (QED) is 0.675. The first kappa shape index (κ1) is 24.0. The van der Waals surface area contributed by atoms with Gasteiger partial charge in [0.05, 0.1) is 5.41 Å². The fraction of sp³-hybridized carbons (Fsp3) is 0.519. The molecule has 1 aromatic carbocycles. The van der Waals surface area contributed by atoms with Crippen molar-refractivity contribution >= 4 is 11.8 Å². The van der Waals surface area contributed by atoms with E-state index >= 15 is 0 Å². The second-order valence-corrected chi connectivity index (χ2v) is 10.2. The summed E-state index contributed by atoms with van der Waals surface area (Å²) in [6, 6.07) is 12.3. The van der Waals surface area contributed by atoms with Gasteiger partial charge in [0.1, 0.15) is 0 Å². The van der Waals surface area contributed by atoms with E-state index in [1.807, 2.05) is 29.2 Å². The minimum atomic E-state index is -0.503. The van der Waals surface area contributed by atoms with Crippen LogP contribution >= 0.6 is 0 Å². The van der Waals surface area contributed by atoms with Gasteiger partial charge >= 0.3 is 0 Å². The Morgan fingerprint density at radius 3 is 2.34 bits per heavy atom. The Kier molecular flexibility index (Phi) is 7.70. The van der Waals surface area contributed by atoms with Crippen molar-refractivity contribution in [3.05, 3.63) is 54.4 Å². The molecule has 0 aliphatic carbocycles. The SMILES string of the molecule is CCCNC(=O)C1(Cc2ccccc2-c2ccncc2)CCN(C(=O)CC(C)(C)C)CC1. The van der Waals surface area contributed by atoms with Crippen molar-refractivity contribution in [1.29, 1.82) is 0 Å². The summed E-state index contributed by atoms with van der Waals surface area (Å²) in [6.07, 6.45) is 7.08. The number of hydrogen-bond acceptors (Lipinski definition) is 3. The fourth-order valence-corrected chi connectivity index (χ4v) is 4.51. The summed E-state index contributed by atoms with van der Waals surface area (Å²) in [5, 5.41) is 3.15. The van der Waals surface area contributed by atoms with E-state index in [4.69, 9.17) is 0 Å². The van der Waals surface area contributed by atoms with Crippen LogP contribution in [0, 0.1) is 10.8 Å². The molecule has 0 radical (unpaired) electrons. The smallest absolute Gasteiger partial charge is 0.226 e. The molecule has 1 N–H and O–H groups in total. The number of rotatable bonds is 7. The molecule has 2 heterocycles. The standard InChI is InChI=1S/C27H37N3O2/c1-5-14-29-25(32)27(12-17-30(18-13-27)24(31)20-26(2,3)4)19-22-8-6-7-9-23(22)21-10-15-28-16-11-21/h6-11,15-16H,5,12-14,17-20H2,1-4H3,(H,29,32). The van der Waals surface area contributed by atoms with Gasteiger partial charge in [-0.25, -0.2) is 0 Å². The minimum absolute atomic E-state index is 0.0341. The third-order valence-electron chi connectivity index (χ3n) is 6.31. The van der Waals surface area contributed by atoms with Crippen molar-refractivity contribution in [3.63, 3.8) is 0 Å². The predicted octanol–water partition coefficient (Wildman–Crippen LogP) is 4.86. The molecule has 32 heavy (non-hydrogen) atoms. The number of pyridine rings is 1. The molecular weight excluding hydrogens is 398 g/mol. The number of nitrogens with zero attached hydrogens (tertiary/aromatic N) is 2. The van der Waals surface area contributed by atoms with Crippen LogP contribution in [0.5, 0.6) is 0 Å². The summed E-state index contributed by atoms with van der Waals surface area (Å²) in [4.78, 5) is 32.3. The number of carbonyl (C=O) groups excluding carboxylic acids is 2. The second-order valence-electron chi connectivity index (χ2n) is 10.2. The van der Waals surface area contributed by atoms with E-state index in [1.54, 1.807) is 12.4 Å². The maximum absolute atomic E-state index is 13.4. The minimum Gasteiger partial charge on any atom is -0.356 e. The number of benzene rings is 1. The summed E-state index contributed by atoms with van der Waals surface area (Å²) in [5.41, 5.74) is 2.88. The van der Waals surface area contributed by atoms with Crippen molar-refractivity contribution in [2.45, 2.75) is 59.8 Å². The molecule has 0 bridgehead atoms. The zero-order valence-electron chi connectivity index (χ0n) is 20.0. The van der Waals surface area contributed by atoms with E-state index in [9.17, 15) is 9.59 Å². The third kappa shape index (κ3) is 5.96. The average molecular weight is 436 g/mol. The van der Waals surface area contributed by atoms with Crippen LogP contribution < -0.4 is 5.32 Å². The highest BCUT2D eigenvalue weighted by atomic mass is 16.2. The van der Waals surface area contributed by atoms with Crippen LogP contribution in [-0.2, 0) is 16.0 Å². The fourth-order valence-electron chi connectivity index (χ4n) is 4.51. The zero-order chi connectivity index (χ0) is 23.2. The number of piperidine rings is 1. The molecule has 3 rings (SSSR count). The van der Waals surface area contributed by atoms with Gasteiger partial charge in [-0.1, -0.05) is 52.0 Å². The van der Waals surface area contributed by atoms with E-state index < -0.39 is 5.41 Å². The molecule has 0 unspecified atom stereocenters. The topological polar surface area (TPSA) is 62.3 Å². The molecule has 0 spiro atoms. The lowest BCUT2D eigenvalue weighted by atomic mass is 9.71. The molecule has 1 aromatic heterocycles. The van der Waals surface area contributed by atoms with Gasteiger partial charge < -0.3 is 10.2 Å². The van der Waals surface area contributed by atoms with E-state index in [1.165, 1.54) is 5.56 Å². The van der Waals surface area contributed by atoms with Crippen LogP contribution in [0.4, 0.5) is 0 Å². The van der Waals surface area contributed by atoms with Gasteiger partial charge in [0.25, 0.3) is 0 Å². The summed E-state index contributed by atoms with van der Waals surface area (Å²) >= 11 is 0. The Morgan fingerprint density at radius 1 is 1.06 bits per heavy atom. The lowest BCUT2D eigenvalue weighted by Crippen LogP contribution is -2.51. The Balaban J connectivity index is 1.84. The number of amides is 2. The molecule has 172 valence electrons. The summed E-state index contributed by atoms with van der Waals surface area (Å²) < 4.78 is 0. The normalized spacial score (nSPS) is 15.9. The van der Waals surface area contributed by atoms with Gasteiger partial charge in [-0.05, 0) is 59.9 Å². The molecule has 2 aromatic rings. The summed E-state index contributed by atoms with van der Waals surface area (Å²) in [6.45, 7) is 10.3. The highest BCUT2D eigenvalue weighted by molar-refractivity contribution is 5.84. The lowest BCUT2D eigenvalue weighted by Gasteiger charge is -2.41. The number of hydrogen-bond donors (Lipinski definition) is 1. The lowest BCUT2D eigenvalue weighted by molar-refractivity contribution is -0.141. The molecule has 1 fully saturated rings. The van der Waals surface area contributed by atoms with Crippen molar-refractivity contribution in [2.24, 2.45) is 10.8 Å². The van der Waals surface area contributed by atoms with Crippen molar-refractivity contribution in [2.75, 3.05) is 19.6 Å². The Morgan fingerprint density at radius 2 is 1.72 bits per heavy atom. The maximum Gasteiger partial charge on any atom is 0.226 e. The van der Waals surface area contributed by atoms with E-state index in [0.717, 1.165) is 17.5 Å². The summed E-state index contributed by atoms with van der Waals surface area (Å²) in [5.74, 6) is 0.309. The molecule has 1 aliphatic rings. The predicted molar refractivity (Wildman–Crippen MR) is 129 cm³/mol. The third-order valence-corrected chi connectivity index (χ3v) is 6.31. The molecule has 5 heteroatoms. The Labute approximate surface area is 192 Å². The Hall–Kier alpha value is -2.69. The number of likely N-dealkylation sites (tertiary alicyclic amines) is 1. The zero-order valence-corrected chi connectivity index (χ0v) is 20.0. The van der Waals surface area contributed by atoms with E-state index in [-0.39, 0.29) is 17.2 Å². The molecular formula is C27H37N3O2. The molecule has 5 nitrogen and oxygen atoms in total. The van der Waals surface area contributed by atoms with Crippen molar-refractivity contribution in [1.82, 2.24) is 15.2 Å². The largest absolute Gasteiger partial charge is 0.356 e. The van der Waals surface area contributed by atoms with Crippen LogP contribution in [0.1, 0.15) is 58.9 Å². The first-order chi connectivity index (χ1) is 15.2. The monoisotopic (exact) mass is 435 g/mol. The molecule has 0 saturated carbocycles. The average Bonchev–Trinajstić information content (AvgIpc) is 2.77. The molecule has 2 amide bonds. The van der Waals surface area contributed by atoms with Crippen LogP contribution in [0.25, 0.3) is 11.1 Å². The van der Waals surface area contributed by atoms with Gasteiger partial charge in [-0.2, -0.15) is 0 Å². The number of nitrogens with one attached hydrogen (secondary N) is 1. The maximum atomic E-state index is 13.4. The van der Waals surface area contributed by atoms with Crippen molar-refractivity contribution < 1.29 is 9.59 Å². The highest BCUT2D eigenvalue weighted by Gasteiger charge is 2.42. The number of carbonyl (C=O) groups is 2. The highest BCUT2D eigenvalue weighted by Crippen LogP contribution is 2.38. The molecule has 1 saturated heterocycles. The van der Waals surface area contributed by atoms with Gasteiger partial charge in [0.2, 0.25) is 11.8 Å². The van der Waals surface area contributed by atoms with Gasteiger partial charge in [0.15, 0.2) is 0 Å². The Bertz CT molecular complexity index is 910. The van der Waals surface area contributed by atoms with E-state index in [0.29, 0.717) is 45.3 Å². The van der Waals surface area contributed by atoms with Crippen molar-refractivity contribution in [3.8, 4) is 11.1 Å². The second kappa shape index (κ2) is 10.3. The van der Waals surface area contributed by atoms with E-state index in [2.05, 4.69) is 50.1 Å². The van der Waals surface area contributed by atoms with Gasteiger partial charge in [-0.15, -0.1) is 0 Å².